The molecular weight excluding hydrogens is 197 g/mol. The summed E-state index contributed by atoms with van der Waals surface area (Å²) in [5, 5.41) is 2.95. The van der Waals surface area contributed by atoms with Crippen LogP contribution in [-0.4, -0.2) is 19.4 Å². The fraction of sp³-hybridized carbons (Fsp3) is 0.364. The van der Waals surface area contributed by atoms with Gasteiger partial charge in [-0.2, -0.15) is 0 Å². The summed E-state index contributed by atoms with van der Waals surface area (Å²) in [6.45, 7) is 2.00. The predicted octanol–water partition coefficient (Wildman–Crippen LogP) is 2.23. The SMILES string of the molecule is COc1ccc(F)cc1NCCC(C)=O. The van der Waals surface area contributed by atoms with E-state index in [0.717, 1.165) is 0 Å². The van der Waals surface area contributed by atoms with E-state index in [4.69, 9.17) is 4.74 Å². The van der Waals surface area contributed by atoms with Gasteiger partial charge in [-0.1, -0.05) is 0 Å². The second-order valence-electron chi connectivity index (χ2n) is 3.22. The molecule has 4 heteroatoms. The molecule has 0 aromatic heterocycles. The van der Waals surface area contributed by atoms with E-state index in [1.807, 2.05) is 0 Å². The third-order valence-corrected chi connectivity index (χ3v) is 1.95. The van der Waals surface area contributed by atoms with Gasteiger partial charge >= 0.3 is 0 Å². The molecule has 0 unspecified atom stereocenters. The summed E-state index contributed by atoms with van der Waals surface area (Å²) in [5.74, 6) is 0.332. The molecular formula is C11H14FNO2. The maximum absolute atomic E-state index is 12.9. The van der Waals surface area contributed by atoms with Crippen molar-refractivity contribution in [1.29, 1.82) is 0 Å². The second-order valence-corrected chi connectivity index (χ2v) is 3.22. The minimum atomic E-state index is -0.332. The monoisotopic (exact) mass is 211 g/mol. The number of hydrogen-bond donors (Lipinski definition) is 1. The molecule has 1 N–H and O–H groups in total. The van der Waals surface area contributed by atoms with E-state index in [9.17, 15) is 9.18 Å². The van der Waals surface area contributed by atoms with Crippen LogP contribution in [0, 0.1) is 5.82 Å². The van der Waals surface area contributed by atoms with E-state index < -0.39 is 0 Å². The number of anilines is 1. The third-order valence-electron chi connectivity index (χ3n) is 1.95. The molecule has 1 rings (SSSR count). The molecule has 3 nitrogen and oxygen atoms in total. The Morgan fingerprint density at radius 3 is 2.87 bits per heavy atom. The molecule has 0 aliphatic heterocycles. The molecule has 0 aliphatic rings. The average molecular weight is 211 g/mol. The molecule has 1 aromatic carbocycles. The summed E-state index contributed by atoms with van der Waals surface area (Å²) >= 11 is 0. The van der Waals surface area contributed by atoms with Crippen molar-refractivity contribution in [2.45, 2.75) is 13.3 Å². The number of carbonyl (C=O) groups excluding carboxylic acids is 1. The largest absolute Gasteiger partial charge is 0.495 e. The van der Waals surface area contributed by atoms with Crippen molar-refractivity contribution >= 4 is 11.5 Å². The Hall–Kier alpha value is -1.58. The van der Waals surface area contributed by atoms with Gasteiger partial charge in [0.2, 0.25) is 0 Å². The van der Waals surface area contributed by atoms with Crippen molar-refractivity contribution in [2.24, 2.45) is 0 Å². The lowest BCUT2D eigenvalue weighted by molar-refractivity contribution is -0.116. The molecule has 0 spiro atoms. The Labute approximate surface area is 88.2 Å². The first-order valence-corrected chi connectivity index (χ1v) is 4.70. The standard InChI is InChI=1S/C11H14FNO2/c1-8(14)5-6-13-10-7-9(12)3-4-11(10)15-2/h3-4,7,13H,5-6H2,1-2H3. The van der Waals surface area contributed by atoms with Gasteiger partial charge in [0, 0.05) is 19.0 Å². The van der Waals surface area contributed by atoms with Crippen molar-refractivity contribution < 1.29 is 13.9 Å². The molecule has 82 valence electrons. The third kappa shape index (κ3) is 3.58. The first-order valence-electron chi connectivity index (χ1n) is 4.70. The lowest BCUT2D eigenvalue weighted by Gasteiger charge is -2.10. The van der Waals surface area contributed by atoms with Crippen LogP contribution in [0.4, 0.5) is 10.1 Å². The Bertz CT molecular complexity index is 352. The van der Waals surface area contributed by atoms with E-state index >= 15 is 0 Å². The van der Waals surface area contributed by atoms with Crippen LogP contribution in [0.5, 0.6) is 5.75 Å². The quantitative estimate of drug-likeness (QED) is 0.811. The summed E-state index contributed by atoms with van der Waals surface area (Å²) in [6, 6.07) is 4.22. The zero-order valence-corrected chi connectivity index (χ0v) is 8.84. The minimum absolute atomic E-state index is 0.0952. The molecule has 0 saturated carbocycles. The molecule has 15 heavy (non-hydrogen) atoms. The van der Waals surface area contributed by atoms with Crippen molar-refractivity contribution in [2.75, 3.05) is 19.0 Å². The van der Waals surface area contributed by atoms with E-state index in [2.05, 4.69) is 5.32 Å². The topological polar surface area (TPSA) is 38.3 Å². The molecule has 1 aromatic rings. The molecule has 0 heterocycles. The number of ketones is 1. The molecule has 0 atom stereocenters. The summed E-state index contributed by atoms with van der Waals surface area (Å²) in [6.07, 6.45) is 0.416. The van der Waals surface area contributed by atoms with Gasteiger partial charge in [-0.3, -0.25) is 4.79 Å². The number of benzene rings is 1. The van der Waals surface area contributed by atoms with Crippen molar-refractivity contribution in [3.8, 4) is 5.75 Å². The van der Waals surface area contributed by atoms with Gasteiger partial charge in [0.05, 0.1) is 12.8 Å². The van der Waals surface area contributed by atoms with Gasteiger partial charge in [-0.15, -0.1) is 0 Å². The normalized spacial score (nSPS) is 9.80. The highest BCUT2D eigenvalue weighted by molar-refractivity contribution is 5.76. The zero-order valence-electron chi connectivity index (χ0n) is 8.84. The number of rotatable bonds is 5. The van der Waals surface area contributed by atoms with Crippen molar-refractivity contribution in [3.05, 3.63) is 24.0 Å². The van der Waals surface area contributed by atoms with Gasteiger partial charge in [0.25, 0.3) is 0 Å². The Kier molecular flexibility index (Phi) is 4.09. The van der Waals surface area contributed by atoms with Crippen LogP contribution in [0.1, 0.15) is 13.3 Å². The van der Waals surface area contributed by atoms with Gasteiger partial charge in [0.1, 0.15) is 17.3 Å². The summed E-state index contributed by atoms with van der Waals surface area (Å²) in [5.41, 5.74) is 0.568. The Morgan fingerprint density at radius 1 is 1.53 bits per heavy atom. The number of Topliss-reactive ketones (excluding diaryl/α,β-unsaturated/α-hetero) is 1. The maximum Gasteiger partial charge on any atom is 0.142 e. The lowest BCUT2D eigenvalue weighted by atomic mass is 10.2. The maximum atomic E-state index is 12.9. The van der Waals surface area contributed by atoms with Crippen LogP contribution in [0.25, 0.3) is 0 Å². The van der Waals surface area contributed by atoms with Crippen molar-refractivity contribution in [1.82, 2.24) is 0 Å². The number of nitrogens with one attached hydrogen (secondary N) is 1. The van der Waals surface area contributed by atoms with E-state index in [1.54, 1.807) is 6.07 Å². The Balaban J connectivity index is 2.65. The summed E-state index contributed by atoms with van der Waals surface area (Å²) in [7, 11) is 1.52. The minimum Gasteiger partial charge on any atom is -0.495 e. The van der Waals surface area contributed by atoms with Gasteiger partial charge in [-0.25, -0.2) is 4.39 Å². The van der Waals surface area contributed by atoms with Crippen LogP contribution >= 0.6 is 0 Å². The molecule has 0 radical (unpaired) electrons. The summed E-state index contributed by atoms with van der Waals surface area (Å²) < 4.78 is 18.0. The van der Waals surface area contributed by atoms with Gasteiger partial charge < -0.3 is 10.1 Å². The fourth-order valence-corrected chi connectivity index (χ4v) is 1.19. The van der Waals surface area contributed by atoms with Crippen LogP contribution < -0.4 is 10.1 Å². The predicted molar refractivity (Wildman–Crippen MR) is 56.7 cm³/mol. The molecule has 0 saturated heterocycles. The van der Waals surface area contributed by atoms with E-state index in [-0.39, 0.29) is 11.6 Å². The highest BCUT2D eigenvalue weighted by Gasteiger charge is 2.03. The number of ether oxygens (including phenoxy) is 1. The van der Waals surface area contributed by atoms with Crippen LogP contribution in [0.2, 0.25) is 0 Å². The van der Waals surface area contributed by atoms with Gasteiger partial charge in [-0.05, 0) is 19.1 Å². The average Bonchev–Trinajstić information content (AvgIpc) is 2.17. The van der Waals surface area contributed by atoms with Crippen LogP contribution in [0.3, 0.4) is 0 Å². The second kappa shape index (κ2) is 5.34. The summed E-state index contributed by atoms with van der Waals surface area (Å²) in [4.78, 5) is 10.7. The number of carbonyl (C=O) groups is 1. The lowest BCUT2D eigenvalue weighted by Crippen LogP contribution is -2.07. The fourth-order valence-electron chi connectivity index (χ4n) is 1.19. The smallest absolute Gasteiger partial charge is 0.142 e. The number of halogens is 1. The van der Waals surface area contributed by atoms with E-state index in [1.165, 1.54) is 26.2 Å². The molecule has 0 aliphatic carbocycles. The number of hydrogen-bond acceptors (Lipinski definition) is 3. The van der Waals surface area contributed by atoms with Crippen LogP contribution in [0.15, 0.2) is 18.2 Å². The highest BCUT2D eigenvalue weighted by Crippen LogP contribution is 2.24. The highest BCUT2D eigenvalue weighted by atomic mass is 19.1. The molecule has 0 amide bonds. The van der Waals surface area contributed by atoms with Gasteiger partial charge in [0.15, 0.2) is 0 Å². The number of methoxy groups -OCH3 is 1. The van der Waals surface area contributed by atoms with E-state index in [0.29, 0.717) is 24.4 Å². The molecule has 0 fully saturated rings. The van der Waals surface area contributed by atoms with Crippen molar-refractivity contribution in [3.63, 3.8) is 0 Å². The first-order chi connectivity index (χ1) is 7.13. The zero-order chi connectivity index (χ0) is 11.3. The first kappa shape index (κ1) is 11.5. The Morgan fingerprint density at radius 2 is 2.27 bits per heavy atom. The van der Waals surface area contributed by atoms with Crippen LogP contribution in [-0.2, 0) is 4.79 Å². The molecule has 0 bridgehead atoms.